The molecule has 1 aliphatic heterocycles. The monoisotopic (exact) mass is 354 g/mol. The summed E-state index contributed by atoms with van der Waals surface area (Å²) in [4.78, 5) is 30.4. The number of imidazole rings is 1. The summed E-state index contributed by atoms with van der Waals surface area (Å²) in [5.74, 6) is 0.742. The van der Waals surface area contributed by atoms with Gasteiger partial charge in [-0.1, -0.05) is 0 Å². The van der Waals surface area contributed by atoms with Gasteiger partial charge in [-0.3, -0.25) is 9.78 Å². The maximum absolute atomic E-state index is 12.4. The third kappa shape index (κ3) is 3.29. The minimum absolute atomic E-state index is 0.183. The molecule has 3 heterocycles. The fraction of sp³-hybridized carbons (Fsp3) is 0.294. The van der Waals surface area contributed by atoms with Crippen LogP contribution in [0.15, 0.2) is 30.6 Å². The van der Waals surface area contributed by atoms with E-state index in [0.717, 1.165) is 30.1 Å². The summed E-state index contributed by atoms with van der Waals surface area (Å²) in [6.45, 7) is 3.00. The quantitative estimate of drug-likeness (QED) is 0.730. The number of anilines is 2. The molecule has 0 aliphatic carbocycles. The number of aromatic amines is 1. The first-order chi connectivity index (χ1) is 12.7. The molecule has 1 fully saturated rings. The third-order valence-corrected chi connectivity index (χ3v) is 4.09. The molecule has 0 bridgehead atoms. The highest BCUT2D eigenvalue weighted by molar-refractivity contribution is 6.03. The molecule has 0 atom stereocenters. The van der Waals surface area contributed by atoms with Gasteiger partial charge in [-0.2, -0.15) is 0 Å². The van der Waals surface area contributed by atoms with Crippen molar-refractivity contribution >= 4 is 28.6 Å². The van der Waals surface area contributed by atoms with E-state index in [4.69, 9.17) is 9.47 Å². The first kappa shape index (κ1) is 16.3. The molecule has 2 N–H and O–H groups in total. The molecule has 0 spiro atoms. The van der Waals surface area contributed by atoms with E-state index in [1.165, 1.54) is 19.5 Å². The van der Waals surface area contributed by atoms with E-state index in [2.05, 4.69) is 30.2 Å². The van der Waals surface area contributed by atoms with Gasteiger partial charge in [0.2, 0.25) is 11.8 Å². The number of H-pyrrole nitrogens is 1. The van der Waals surface area contributed by atoms with Crippen LogP contribution in [0.1, 0.15) is 10.5 Å². The summed E-state index contributed by atoms with van der Waals surface area (Å²) >= 11 is 0. The molecular formula is C17H18N6O3. The lowest BCUT2D eigenvalue weighted by molar-refractivity contribution is 0.102. The number of fused-ring (bicyclic) bond motifs is 1. The molecule has 4 rings (SSSR count). The number of methoxy groups -OCH3 is 1. The smallest absolute Gasteiger partial charge is 0.276 e. The number of hydrogen-bond acceptors (Lipinski definition) is 7. The van der Waals surface area contributed by atoms with Gasteiger partial charge in [0.05, 0.1) is 43.8 Å². The standard InChI is InChI=1S/C17H18N6O3/c1-25-15-10-18-9-14(20-15)16(24)19-11-2-3-12-13(8-11)22-17(21-12)23-4-6-26-7-5-23/h2-3,8-10H,4-7H2,1H3,(H,19,24)(H,21,22). The maximum Gasteiger partial charge on any atom is 0.276 e. The van der Waals surface area contributed by atoms with Crippen molar-refractivity contribution in [1.29, 1.82) is 0 Å². The summed E-state index contributed by atoms with van der Waals surface area (Å²) in [5.41, 5.74) is 2.51. The Balaban J connectivity index is 1.54. The molecule has 3 aromatic rings. The van der Waals surface area contributed by atoms with Gasteiger partial charge in [-0.05, 0) is 18.2 Å². The number of nitrogens with zero attached hydrogens (tertiary/aromatic N) is 4. The van der Waals surface area contributed by atoms with Gasteiger partial charge in [0.15, 0.2) is 5.69 Å². The SMILES string of the molecule is COc1cncc(C(=O)Nc2ccc3nc(N4CCOCC4)[nH]c3c2)n1. The van der Waals surface area contributed by atoms with E-state index < -0.39 is 0 Å². The lowest BCUT2D eigenvalue weighted by Gasteiger charge is -2.26. The molecule has 1 saturated heterocycles. The third-order valence-electron chi connectivity index (χ3n) is 4.09. The molecule has 9 heteroatoms. The van der Waals surface area contributed by atoms with Crippen molar-refractivity contribution in [2.75, 3.05) is 43.6 Å². The van der Waals surface area contributed by atoms with E-state index in [0.29, 0.717) is 18.9 Å². The van der Waals surface area contributed by atoms with Gasteiger partial charge in [0.25, 0.3) is 5.91 Å². The van der Waals surface area contributed by atoms with Crippen molar-refractivity contribution in [3.63, 3.8) is 0 Å². The van der Waals surface area contributed by atoms with Crippen LogP contribution < -0.4 is 15.0 Å². The van der Waals surface area contributed by atoms with Gasteiger partial charge in [-0.15, -0.1) is 0 Å². The van der Waals surface area contributed by atoms with E-state index in [-0.39, 0.29) is 17.5 Å². The Morgan fingerprint density at radius 3 is 2.92 bits per heavy atom. The van der Waals surface area contributed by atoms with Crippen LogP contribution in [0.25, 0.3) is 11.0 Å². The minimum Gasteiger partial charge on any atom is -0.480 e. The van der Waals surface area contributed by atoms with Gasteiger partial charge >= 0.3 is 0 Å². The highest BCUT2D eigenvalue weighted by Gasteiger charge is 2.15. The Labute approximate surface area is 149 Å². The van der Waals surface area contributed by atoms with Crippen LogP contribution in [0.4, 0.5) is 11.6 Å². The van der Waals surface area contributed by atoms with Crippen molar-refractivity contribution in [1.82, 2.24) is 19.9 Å². The summed E-state index contributed by atoms with van der Waals surface area (Å²) in [6.07, 6.45) is 2.84. The highest BCUT2D eigenvalue weighted by atomic mass is 16.5. The summed E-state index contributed by atoms with van der Waals surface area (Å²) < 4.78 is 10.4. The topological polar surface area (TPSA) is 105 Å². The Kier molecular flexibility index (Phi) is 4.36. The molecule has 2 aromatic heterocycles. The lowest BCUT2D eigenvalue weighted by Crippen LogP contribution is -2.36. The minimum atomic E-state index is -0.358. The number of hydrogen-bond donors (Lipinski definition) is 2. The Bertz CT molecular complexity index is 935. The van der Waals surface area contributed by atoms with Crippen LogP contribution >= 0.6 is 0 Å². The molecule has 9 nitrogen and oxygen atoms in total. The number of morpholine rings is 1. The molecule has 26 heavy (non-hydrogen) atoms. The van der Waals surface area contributed by atoms with Crippen molar-refractivity contribution in [2.24, 2.45) is 0 Å². The summed E-state index contributed by atoms with van der Waals surface area (Å²) in [7, 11) is 1.48. The predicted molar refractivity (Wildman–Crippen MR) is 95.7 cm³/mol. The number of nitrogens with one attached hydrogen (secondary N) is 2. The first-order valence-corrected chi connectivity index (χ1v) is 8.23. The number of carbonyl (C=O) groups is 1. The zero-order valence-corrected chi connectivity index (χ0v) is 14.2. The van der Waals surface area contributed by atoms with E-state index >= 15 is 0 Å². The van der Waals surface area contributed by atoms with Crippen molar-refractivity contribution in [2.45, 2.75) is 0 Å². The van der Waals surface area contributed by atoms with Crippen LogP contribution in [0.5, 0.6) is 5.88 Å². The number of benzene rings is 1. The normalized spacial score (nSPS) is 14.4. The van der Waals surface area contributed by atoms with E-state index in [9.17, 15) is 4.79 Å². The highest BCUT2D eigenvalue weighted by Crippen LogP contribution is 2.22. The fourth-order valence-electron chi connectivity index (χ4n) is 2.75. The number of aromatic nitrogens is 4. The van der Waals surface area contributed by atoms with Crippen LogP contribution in [0.2, 0.25) is 0 Å². The van der Waals surface area contributed by atoms with Gasteiger partial charge < -0.3 is 24.7 Å². The van der Waals surface area contributed by atoms with Crippen molar-refractivity contribution in [3.8, 4) is 5.88 Å². The van der Waals surface area contributed by atoms with Gasteiger partial charge in [0.1, 0.15) is 0 Å². The maximum atomic E-state index is 12.4. The molecular weight excluding hydrogens is 336 g/mol. The average Bonchev–Trinajstić information content (AvgIpc) is 3.12. The summed E-state index contributed by atoms with van der Waals surface area (Å²) in [5, 5.41) is 2.81. The molecule has 0 radical (unpaired) electrons. The van der Waals surface area contributed by atoms with Crippen LogP contribution in [-0.4, -0.2) is 59.3 Å². The largest absolute Gasteiger partial charge is 0.480 e. The van der Waals surface area contributed by atoms with Crippen LogP contribution in [0.3, 0.4) is 0 Å². The molecule has 1 aromatic carbocycles. The number of amides is 1. The van der Waals surface area contributed by atoms with Crippen molar-refractivity contribution < 1.29 is 14.3 Å². The fourth-order valence-corrected chi connectivity index (χ4v) is 2.75. The van der Waals surface area contributed by atoms with Crippen LogP contribution in [0, 0.1) is 0 Å². The van der Waals surface area contributed by atoms with Gasteiger partial charge in [0, 0.05) is 18.8 Å². The first-order valence-electron chi connectivity index (χ1n) is 8.23. The average molecular weight is 354 g/mol. The molecule has 1 amide bonds. The Hall–Kier alpha value is -3.20. The second-order valence-corrected chi connectivity index (χ2v) is 5.79. The lowest BCUT2D eigenvalue weighted by atomic mass is 10.2. The second-order valence-electron chi connectivity index (χ2n) is 5.79. The number of carbonyl (C=O) groups excluding carboxylic acids is 1. The predicted octanol–water partition coefficient (Wildman–Crippen LogP) is 1.45. The van der Waals surface area contributed by atoms with Gasteiger partial charge in [-0.25, -0.2) is 9.97 Å². The van der Waals surface area contributed by atoms with Crippen molar-refractivity contribution in [3.05, 3.63) is 36.3 Å². The molecule has 0 saturated carbocycles. The second kappa shape index (κ2) is 6.96. The number of ether oxygens (including phenoxy) is 2. The molecule has 1 aliphatic rings. The van der Waals surface area contributed by atoms with Crippen LogP contribution in [-0.2, 0) is 4.74 Å². The summed E-state index contributed by atoms with van der Waals surface area (Å²) in [6, 6.07) is 5.51. The Morgan fingerprint density at radius 1 is 1.27 bits per heavy atom. The number of rotatable bonds is 4. The zero-order valence-electron chi connectivity index (χ0n) is 14.2. The zero-order chi connectivity index (χ0) is 17.9. The Morgan fingerprint density at radius 2 is 2.12 bits per heavy atom. The molecule has 0 unspecified atom stereocenters. The van der Waals surface area contributed by atoms with E-state index in [1.807, 2.05) is 12.1 Å². The van der Waals surface area contributed by atoms with E-state index in [1.54, 1.807) is 6.07 Å². The molecule has 134 valence electrons.